The fraction of sp³-hybridized carbons (Fsp3) is 0.222. The van der Waals surface area contributed by atoms with Gasteiger partial charge in [0.1, 0.15) is 5.75 Å². The third kappa shape index (κ3) is 5.03. The second kappa shape index (κ2) is 8.40. The molecule has 0 unspecified atom stereocenters. The Balaban J connectivity index is 1.99. The SMILES string of the molecule is Cc1ccccc1OCC(=O)Nc1ccccc1SC(=O)N(C)C. The zero-order valence-electron chi connectivity index (χ0n) is 13.9. The zero-order chi connectivity index (χ0) is 17.5. The van der Waals surface area contributed by atoms with Crippen LogP contribution in [0.15, 0.2) is 53.4 Å². The molecule has 2 amide bonds. The minimum atomic E-state index is -0.274. The number of hydrogen-bond donors (Lipinski definition) is 1. The van der Waals surface area contributed by atoms with Crippen LogP contribution < -0.4 is 10.1 Å². The van der Waals surface area contributed by atoms with Crippen molar-refractivity contribution in [1.82, 2.24) is 4.90 Å². The van der Waals surface area contributed by atoms with E-state index in [4.69, 9.17) is 4.74 Å². The highest BCUT2D eigenvalue weighted by Crippen LogP contribution is 2.28. The van der Waals surface area contributed by atoms with Crippen LogP contribution in [0.25, 0.3) is 0 Å². The maximum atomic E-state index is 12.1. The summed E-state index contributed by atoms with van der Waals surface area (Å²) in [4.78, 5) is 26.2. The molecule has 24 heavy (non-hydrogen) atoms. The van der Waals surface area contributed by atoms with E-state index in [9.17, 15) is 9.59 Å². The van der Waals surface area contributed by atoms with E-state index in [2.05, 4.69) is 5.32 Å². The van der Waals surface area contributed by atoms with Crippen molar-refractivity contribution in [2.75, 3.05) is 26.0 Å². The molecule has 6 heteroatoms. The molecule has 0 heterocycles. The molecule has 0 spiro atoms. The predicted molar refractivity (Wildman–Crippen MR) is 96.7 cm³/mol. The number of nitrogens with one attached hydrogen (secondary N) is 1. The maximum absolute atomic E-state index is 12.1. The molecule has 0 saturated carbocycles. The molecular weight excluding hydrogens is 324 g/mol. The zero-order valence-corrected chi connectivity index (χ0v) is 14.7. The molecule has 0 aliphatic carbocycles. The average molecular weight is 344 g/mol. The van der Waals surface area contributed by atoms with Gasteiger partial charge in [-0.05, 0) is 42.4 Å². The van der Waals surface area contributed by atoms with Crippen molar-refractivity contribution in [2.45, 2.75) is 11.8 Å². The molecule has 0 bridgehead atoms. The molecule has 0 aromatic heterocycles. The predicted octanol–water partition coefficient (Wildman–Crippen LogP) is 3.79. The first-order chi connectivity index (χ1) is 11.5. The van der Waals surface area contributed by atoms with Gasteiger partial charge in [-0.2, -0.15) is 0 Å². The Bertz CT molecular complexity index is 732. The van der Waals surface area contributed by atoms with Gasteiger partial charge in [0, 0.05) is 19.0 Å². The normalized spacial score (nSPS) is 10.1. The van der Waals surface area contributed by atoms with E-state index in [1.54, 1.807) is 26.2 Å². The number of nitrogens with zero attached hydrogens (tertiary/aromatic N) is 1. The quantitative estimate of drug-likeness (QED) is 0.839. The van der Waals surface area contributed by atoms with Crippen LogP contribution >= 0.6 is 11.8 Å². The number of para-hydroxylation sites is 2. The highest BCUT2D eigenvalue weighted by Gasteiger charge is 2.13. The van der Waals surface area contributed by atoms with Gasteiger partial charge in [-0.3, -0.25) is 9.59 Å². The summed E-state index contributed by atoms with van der Waals surface area (Å²) in [7, 11) is 3.37. The van der Waals surface area contributed by atoms with E-state index < -0.39 is 0 Å². The number of carbonyl (C=O) groups excluding carboxylic acids is 2. The number of anilines is 1. The van der Waals surface area contributed by atoms with Crippen molar-refractivity contribution >= 4 is 28.6 Å². The van der Waals surface area contributed by atoms with Crippen molar-refractivity contribution in [3.8, 4) is 5.75 Å². The average Bonchev–Trinajstić information content (AvgIpc) is 2.55. The number of carbonyl (C=O) groups is 2. The summed E-state index contributed by atoms with van der Waals surface area (Å²) in [6, 6.07) is 14.7. The molecule has 126 valence electrons. The lowest BCUT2D eigenvalue weighted by Gasteiger charge is -2.13. The van der Waals surface area contributed by atoms with Crippen molar-refractivity contribution in [3.63, 3.8) is 0 Å². The van der Waals surface area contributed by atoms with Crippen molar-refractivity contribution in [1.29, 1.82) is 0 Å². The van der Waals surface area contributed by atoms with Crippen molar-refractivity contribution in [2.24, 2.45) is 0 Å². The number of rotatable bonds is 5. The van der Waals surface area contributed by atoms with Crippen LogP contribution in [0.2, 0.25) is 0 Å². The molecule has 0 fully saturated rings. The van der Waals surface area contributed by atoms with E-state index in [-0.39, 0.29) is 17.8 Å². The lowest BCUT2D eigenvalue weighted by atomic mass is 10.2. The summed E-state index contributed by atoms with van der Waals surface area (Å²) in [5, 5.41) is 2.69. The Morgan fingerprint density at radius 3 is 2.46 bits per heavy atom. The van der Waals surface area contributed by atoms with Crippen LogP contribution in [0.3, 0.4) is 0 Å². The largest absolute Gasteiger partial charge is 0.483 e. The lowest BCUT2D eigenvalue weighted by molar-refractivity contribution is -0.118. The molecule has 2 rings (SSSR count). The van der Waals surface area contributed by atoms with Crippen LogP contribution in [0.4, 0.5) is 10.5 Å². The monoisotopic (exact) mass is 344 g/mol. The highest BCUT2D eigenvalue weighted by atomic mass is 32.2. The Morgan fingerprint density at radius 1 is 1.08 bits per heavy atom. The summed E-state index contributed by atoms with van der Waals surface area (Å²) in [5.74, 6) is 0.404. The Labute approximate surface area is 146 Å². The number of thioether (sulfide) groups is 1. The van der Waals surface area contributed by atoms with Crippen molar-refractivity contribution in [3.05, 3.63) is 54.1 Å². The van der Waals surface area contributed by atoms with Gasteiger partial charge < -0.3 is 15.0 Å². The fourth-order valence-electron chi connectivity index (χ4n) is 1.89. The molecule has 5 nitrogen and oxygen atoms in total. The third-order valence-corrected chi connectivity index (χ3v) is 4.29. The van der Waals surface area contributed by atoms with Crippen LogP contribution in [0.5, 0.6) is 5.75 Å². The fourth-order valence-corrected chi connectivity index (χ4v) is 2.64. The Morgan fingerprint density at radius 2 is 1.75 bits per heavy atom. The van der Waals surface area contributed by atoms with Crippen LogP contribution in [-0.4, -0.2) is 36.7 Å². The molecule has 2 aromatic carbocycles. The molecule has 0 atom stereocenters. The minimum absolute atomic E-state index is 0.0918. The summed E-state index contributed by atoms with van der Waals surface area (Å²) in [6.45, 7) is 1.83. The first-order valence-electron chi connectivity index (χ1n) is 7.44. The van der Waals surface area contributed by atoms with Gasteiger partial charge in [0.05, 0.1) is 5.69 Å². The molecule has 0 aliphatic heterocycles. The summed E-state index contributed by atoms with van der Waals surface area (Å²) < 4.78 is 5.54. The highest BCUT2D eigenvalue weighted by molar-refractivity contribution is 8.13. The Hall–Kier alpha value is -2.47. The van der Waals surface area contributed by atoms with E-state index in [0.717, 1.165) is 17.3 Å². The van der Waals surface area contributed by atoms with Gasteiger partial charge in [0.15, 0.2) is 6.61 Å². The molecule has 0 saturated heterocycles. The molecular formula is C18H20N2O3S. The first-order valence-corrected chi connectivity index (χ1v) is 8.25. The minimum Gasteiger partial charge on any atom is -0.483 e. The summed E-state index contributed by atoms with van der Waals surface area (Å²) >= 11 is 1.07. The van der Waals surface area contributed by atoms with Crippen LogP contribution in [0, 0.1) is 6.92 Å². The maximum Gasteiger partial charge on any atom is 0.286 e. The van der Waals surface area contributed by atoms with E-state index >= 15 is 0 Å². The van der Waals surface area contributed by atoms with Crippen LogP contribution in [-0.2, 0) is 4.79 Å². The number of ether oxygens (including phenoxy) is 1. The van der Waals surface area contributed by atoms with Gasteiger partial charge in [-0.15, -0.1) is 0 Å². The smallest absolute Gasteiger partial charge is 0.286 e. The molecule has 1 N–H and O–H groups in total. The molecule has 0 radical (unpaired) electrons. The first kappa shape index (κ1) is 17.9. The Kier molecular flexibility index (Phi) is 6.26. The summed E-state index contributed by atoms with van der Waals surface area (Å²) in [5.41, 5.74) is 1.56. The number of hydrogen-bond acceptors (Lipinski definition) is 4. The van der Waals surface area contributed by atoms with E-state index in [1.807, 2.05) is 43.3 Å². The molecule has 2 aromatic rings. The third-order valence-electron chi connectivity index (χ3n) is 3.18. The standard InChI is InChI=1S/C18H20N2O3S/c1-13-8-4-6-10-15(13)23-12-17(21)19-14-9-5-7-11-16(14)24-18(22)20(2)3/h4-11H,12H2,1-3H3,(H,19,21). The van der Waals surface area contributed by atoms with Crippen molar-refractivity contribution < 1.29 is 14.3 Å². The second-order valence-corrected chi connectivity index (χ2v) is 6.35. The van der Waals surface area contributed by atoms with E-state index in [0.29, 0.717) is 16.3 Å². The van der Waals surface area contributed by atoms with Gasteiger partial charge >= 0.3 is 0 Å². The number of amides is 2. The van der Waals surface area contributed by atoms with Crippen LogP contribution in [0.1, 0.15) is 5.56 Å². The molecule has 0 aliphatic rings. The number of benzene rings is 2. The van der Waals surface area contributed by atoms with Gasteiger partial charge in [-0.25, -0.2) is 0 Å². The topological polar surface area (TPSA) is 58.6 Å². The second-order valence-electron chi connectivity index (χ2n) is 5.36. The van der Waals surface area contributed by atoms with Gasteiger partial charge in [0.2, 0.25) is 0 Å². The summed E-state index contributed by atoms with van der Waals surface area (Å²) in [6.07, 6.45) is 0. The number of aryl methyl sites for hydroxylation is 1. The van der Waals surface area contributed by atoms with Gasteiger partial charge in [-0.1, -0.05) is 30.3 Å². The lowest BCUT2D eigenvalue weighted by Crippen LogP contribution is -2.21. The van der Waals surface area contributed by atoms with E-state index in [1.165, 1.54) is 4.90 Å². The van der Waals surface area contributed by atoms with Gasteiger partial charge in [0.25, 0.3) is 11.1 Å².